The third-order valence-electron chi connectivity index (χ3n) is 6.53. The van der Waals surface area contributed by atoms with Crippen LogP contribution in [0.3, 0.4) is 0 Å². The molecule has 1 saturated heterocycles. The molecule has 0 unspecified atom stereocenters. The summed E-state index contributed by atoms with van der Waals surface area (Å²) in [7, 11) is 0. The molecule has 0 atom stereocenters. The number of benzene rings is 3. The maximum absolute atomic E-state index is 13.2. The topological polar surface area (TPSA) is 63.5 Å². The summed E-state index contributed by atoms with van der Waals surface area (Å²) in [6.07, 6.45) is 0.591. The lowest BCUT2D eigenvalue weighted by Gasteiger charge is -2.36. The predicted molar refractivity (Wildman–Crippen MR) is 158 cm³/mol. The van der Waals surface area contributed by atoms with E-state index in [-0.39, 0.29) is 11.7 Å². The molecule has 1 fully saturated rings. The Labute approximate surface area is 242 Å². The van der Waals surface area contributed by atoms with Crippen LogP contribution in [-0.4, -0.2) is 64.1 Å². The van der Waals surface area contributed by atoms with Crippen molar-refractivity contribution in [1.29, 1.82) is 0 Å². The van der Waals surface area contributed by atoms with Gasteiger partial charge in [-0.05, 0) is 42.8 Å². The number of nitrogens with zero attached hydrogens (tertiary/aromatic N) is 5. The summed E-state index contributed by atoms with van der Waals surface area (Å²) in [5, 5.41) is 10.5. The van der Waals surface area contributed by atoms with E-state index in [0.29, 0.717) is 41.3 Å². The number of carbonyl (C=O) groups is 1. The first-order valence-corrected chi connectivity index (χ1v) is 14.6. The Morgan fingerprint density at radius 3 is 2.41 bits per heavy atom. The van der Waals surface area contributed by atoms with E-state index in [1.165, 1.54) is 11.8 Å². The molecule has 3 aromatic carbocycles. The Balaban J connectivity index is 1.27. The van der Waals surface area contributed by atoms with Crippen molar-refractivity contribution in [2.24, 2.45) is 0 Å². The molecule has 2 heterocycles. The number of para-hydroxylation sites is 2. The van der Waals surface area contributed by atoms with E-state index in [1.807, 2.05) is 58.9 Å². The van der Waals surface area contributed by atoms with E-state index < -0.39 is 0 Å². The molecular weight excluding hydrogens is 553 g/mol. The van der Waals surface area contributed by atoms with Gasteiger partial charge in [-0.15, -0.1) is 10.2 Å². The highest BCUT2D eigenvalue weighted by Gasteiger charge is 2.24. The summed E-state index contributed by atoms with van der Waals surface area (Å²) >= 11 is 13.9. The Hall–Kier alpha value is -3.20. The van der Waals surface area contributed by atoms with Crippen molar-refractivity contribution in [3.63, 3.8) is 0 Å². The molecule has 0 bridgehead atoms. The van der Waals surface area contributed by atoms with Gasteiger partial charge in [-0.25, -0.2) is 0 Å². The third-order valence-corrected chi connectivity index (χ3v) is 8.18. The number of ether oxygens (including phenoxy) is 1. The van der Waals surface area contributed by atoms with Crippen molar-refractivity contribution in [3.8, 4) is 11.4 Å². The number of hydrogen-bond donors (Lipinski definition) is 0. The zero-order valence-corrected chi connectivity index (χ0v) is 23.9. The quantitative estimate of drug-likeness (QED) is 0.226. The molecule has 39 heavy (non-hydrogen) atoms. The van der Waals surface area contributed by atoms with Gasteiger partial charge in [-0.3, -0.25) is 9.36 Å². The average molecular weight is 583 g/mol. The highest BCUT2D eigenvalue weighted by Crippen LogP contribution is 2.30. The summed E-state index contributed by atoms with van der Waals surface area (Å²) in [5.41, 5.74) is 2.99. The molecule has 0 aliphatic carbocycles. The smallest absolute Gasteiger partial charge is 0.233 e. The van der Waals surface area contributed by atoms with Gasteiger partial charge in [0.1, 0.15) is 11.6 Å². The standard InChI is InChI=1S/C29H29Cl2N5O2S/c1-2-38-26-11-7-6-10-25(26)34-14-16-35(17-15-34)28(37)20-39-29-33-32-27(18-21-8-4-3-5-9-21)36(29)22-12-13-23(30)24(31)19-22/h3-13,19H,2,14-18,20H2,1H3. The molecule has 1 aromatic heterocycles. The Bertz CT molecular complexity index is 1420. The molecule has 5 rings (SSSR count). The molecule has 0 spiro atoms. The summed E-state index contributed by atoms with van der Waals surface area (Å²) in [4.78, 5) is 17.4. The van der Waals surface area contributed by atoms with Crippen LogP contribution >= 0.6 is 35.0 Å². The number of anilines is 1. The van der Waals surface area contributed by atoms with E-state index in [2.05, 4.69) is 33.3 Å². The van der Waals surface area contributed by atoms with Gasteiger partial charge >= 0.3 is 0 Å². The maximum Gasteiger partial charge on any atom is 0.233 e. The van der Waals surface area contributed by atoms with Crippen molar-refractivity contribution in [2.45, 2.75) is 18.5 Å². The van der Waals surface area contributed by atoms with Crippen LogP contribution in [0.1, 0.15) is 18.3 Å². The molecule has 4 aromatic rings. The minimum absolute atomic E-state index is 0.0750. The van der Waals surface area contributed by atoms with E-state index in [9.17, 15) is 4.79 Å². The highest BCUT2D eigenvalue weighted by atomic mass is 35.5. The van der Waals surface area contributed by atoms with Gasteiger partial charge in [0.25, 0.3) is 0 Å². The monoisotopic (exact) mass is 581 g/mol. The molecular formula is C29H29Cl2N5O2S. The zero-order valence-electron chi connectivity index (χ0n) is 21.6. The number of hydrogen-bond acceptors (Lipinski definition) is 6. The van der Waals surface area contributed by atoms with Crippen molar-refractivity contribution >= 4 is 46.6 Å². The average Bonchev–Trinajstić information content (AvgIpc) is 3.36. The van der Waals surface area contributed by atoms with Crippen LogP contribution in [0.15, 0.2) is 78.0 Å². The second kappa shape index (κ2) is 12.8. The second-order valence-electron chi connectivity index (χ2n) is 9.05. The number of halogens is 2. The Kier molecular flexibility index (Phi) is 8.96. The van der Waals surface area contributed by atoms with E-state index in [4.69, 9.17) is 27.9 Å². The number of piperazine rings is 1. The molecule has 0 N–H and O–H groups in total. The SMILES string of the molecule is CCOc1ccccc1N1CCN(C(=O)CSc2nnc(Cc3ccccc3)n2-c2ccc(Cl)c(Cl)c2)CC1. The van der Waals surface area contributed by atoms with Crippen molar-refractivity contribution in [3.05, 3.63) is 94.2 Å². The first-order chi connectivity index (χ1) is 19.0. The molecule has 1 amide bonds. The minimum Gasteiger partial charge on any atom is -0.492 e. The van der Waals surface area contributed by atoms with Crippen LogP contribution in [0.2, 0.25) is 10.0 Å². The molecule has 0 radical (unpaired) electrons. The minimum atomic E-state index is 0.0750. The van der Waals surface area contributed by atoms with Gasteiger partial charge in [0.15, 0.2) is 5.16 Å². The zero-order chi connectivity index (χ0) is 27.2. The van der Waals surface area contributed by atoms with Crippen LogP contribution in [0.4, 0.5) is 5.69 Å². The lowest BCUT2D eigenvalue weighted by Crippen LogP contribution is -2.49. The first-order valence-electron chi connectivity index (χ1n) is 12.8. The molecule has 1 aliphatic heterocycles. The van der Waals surface area contributed by atoms with Crippen LogP contribution < -0.4 is 9.64 Å². The highest BCUT2D eigenvalue weighted by molar-refractivity contribution is 7.99. The van der Waals surface area contributed by atoms with Crippen LogP contribution in [0.5, 0.6) is 5.75 Å². The van der Waals surface area contributed by atoms with Gasteiger partial charge in [-0.1, -0.05) is 77.4 Å². The maximum atomic E-state index is 13.2. The van der Waals surface area contributed by atoms with Crippen LogP contribution in [0.25, 0.3) is 5.69 Å². The number of carbonyl (C=O) groups excluding carboxylic acids is 1. The fourth-order valence-corrected chi connectivity index (χ4v) is 5.75. The summed E-state index contributed by atoms with van der Waals surface area (Å²) in [6, 6.07) is 23.6. The van der Waals surface area contributed by atoms with Gasteiger partial charge in [0, 0.05) is 32.6 Å². The third kappa shape index (κ3) is 6.52. The van der Waals surface area contributed by atoms with Crippen molar-refractivity contribution < 1.29 is 9.53 Å². The van der Waals surface area contributed by atoms with Gasteiger partial charge in [-0.2, -0.15) is 0 Å². The molecule has 7 nitrogen and oxygen atoms in total. The fraction of sp³-hybridized carbons (Fsp3) is 0.276. The Morgan fingerprint density at radius 1 is 0.923 bits per heavy atom. The van der Waals surface area contributed by atoms with Gasteiger partial charge in [0.2, 0.25) is 5.91 Å². The van der Waals surface area contributed by atoms with Crippen molar-refractivity contribution in [2.75, 3.05) is 43.4 Å². The van der Waals surface area contributed by atoms with E-state index in [0.717, 1.165) is 41.6 Å². The normalized spacial score (nSPS) is 13.5. The number of amides is 1. The summed E-state index contributed by atoms with van der Waals surface area (Å²) in [6.45, 7) is 5.41. The summed E-state index contributed by atoms with van der Waals surface area (Å²) < 4.78 is 7.75. The lowest BCUT2D eigenvalue weighted by molar-refractivity contribution is -0.128. The van der Waals surface area contributed by atoms with Crippen molar-refractivity contribution in [1.82, 2.24) is 19.7 Å². The summed E-state index contributed by atoms with van der Waals surface area (Å²) in [5.74, 6) is 1.98. The van der Waals surface area contributed by atoms with Crippen LogP contribution in [-0.2, 0) is 11.2 Å². The Morgan fingerprint density at radius 2 is 1.67 bits per heavy atom. The number of thioether (sulfide) groups is 1. The lowest BCUT2D eigenvalue weighted by atomic mass is 10.1. The van der Waals surface area contributed by atoms with Gasteiger partial charge < -0.3 is 14.5 Å². The molecule has 202 valence electrons. The molecule has 10 heteroatoms. The molecule has 1 aliphatic rings. The molecule has 0 saturated carbocycles. The van der Waals surface area contributed by atoms with E-state index in [1.54, 1.807) is 12.1 Å². The first kappa shape index (κ1) is 27.4. The van der Waals surface area contributed by atoms with E-state index >= 15 is 0 Å². The number of aromatic nitrogens is 3. The largest absolute Gasteiger partial charge is 0.492 e. The number of rotatable bonds is 9. The van der Waals surface area contributed by atoms with Crippen LogP contribution in [0, 0.1) is 0 Å². The fourth-order valence-electron chi connectivity index (χ4n) is 4.58. The predicted octanol–water partition coefficient (Wildman–Crippen LogP) is 6.00. The van der Waals surface area contributed by atoms with Gasteiger partial charge in [0.05, 0.1) is 33.8 Å². The second-order valence-corrected chi connectivity index (χ2v) is 10.8.